The number of aliphatic imine (C=N–C) groups is 1. The van der Waals surface area contributed by atoms with Gasteiger partial charge in [0.2, 0.25) is 0 Å². The van der Waals surface area contributed by atoms with Gasteiger partial charge in [0.15, 0.2) is 5.96 Å². The first-order valence-electron chi connectivity index (χ1n) is 8.37. The Hall–Kier alpha value is -1.54. The van der Waals surface area contributed by atoms with Crippen molar-refractivity contribution in [2.45, 2.75) is 19.4 Å². The number of aryl methyl sites for hydroxylation is 1. The van der Waals surface area contributed by atoms with Crippen LogP contribution in [0, 0.1) is 0 Å². The minimum Gasteiger partial charge on any atom is -0.356 e. The van der Waals surface area contributed by atoms with Gasteiger partial charge in [-0.3, -0.25) is 4.99 Å². The van der Waals surface area contributed by atoms with Gasteiger partial charge in [-0.25, -0.2) is 0 Å². The van der Waals surface area contributed by atoms with Crippen molar-refractivity contribution in [3.05, 3.63) is 58.9 Å². The Labute approximate surface area is 170 Å². The molecule has 2 N–H and O–H groups in total. The van der Waals surface area contributed by atoms with Crippen LogP contribution in [0.1, 0.15) is 11.3 Å². The summed E-state index contributed by atoms with van der Waals surface area (Å²) < 4.78 is 2.31. The second-order valence-electron chi connectivity index (χ2n) is 5.68. The van der Waals surface area contributed by atoms with Crippen molar-refractivity contribution in [1.82, 2.24) is 15.2 Å². The van der Waals surface area contributed by atoms with Gasteiger partial charge < -0.3 is 15.2 Å². The van der Waals surface area contributed by atoms with Gasteiger partial charge in [-0.2, -0.15) is 0 Å². The number of guanidine groups is 1. The van der Waals surface area contributed by atoms with Gasteiger partial charge >= 0.3 is 0 Å². The maximum atomic E-state index is 4.28. The molecule has 2 aromatic heterocycles. The van der Waals surface area contributed by atoms with Gasteiger partial charge in [0.1, 0.15) is 0 Å². The van der Waals surface area contributed by atoms with Gasteiger partial charge in [0, 0.05) is 43.3 Å². The summed E-state index contributed by atoms with van der Waals surface area (Å²) >= 11 is 1.80. The van der Waals surface area contributed by atoms with Gasteiger partial charge in [-0.1, -0.05) is 24.3 Å². The third kappa shape index (κ3) is 5.74. The van der Waals surface area contributed by atoms with E-state index >= 15 is 0 Å². The highest BCUT2D eigenvalue weighted by Gasteiger charge is 2.01. The predicted octanol–water partition coefficient (Wildman–Crippen LogP) is 4.12. The molecular weight excluding hydrogens is 443 g/mol. The summed E-state index contributed by atoms with van der Waals surface area (Å²) in [5.41, 5.74) is 1.30. The molecular formula is C19H25IN4S. The molecule has 0 radical (unpaired) electrons. The lowest BCUT2D eigenvalue weighted by molar-refractivity contribution is 0.641. The number of nitrogens with zero attached hydrogens (tertiary/aromatic N) is 2. The zero-order chi connectivity index (χ0) is 16.6. The Morgan fingerprint density at radius 2 is 1.92 bits per heavy atom. The number of benzene rings is 1. The summed E-state index contributed by atoms with van der Waals surface area (Å²) in [6, 6.07) is 14.9. The van der Waals surface area contributed by atoms with E-state index in [0.29, 0.717) is 0 Å². The van der Waals surface area contributed by atoms with Crippen molar-refractivity contribution >= 4 is 52.2 Å². The SMILES string of the molecule is CN=C(NCCCn1ccc2ccccc21)NCCc1cccs1.I. The van der Waals surface area contributed by atoms with Crippen molar-refractivity contribution in [3.8, 4) is 0 Å². The topological polar surface area (TPSA) is 41.4 Å². The van der Waals surface area contributed by atoms with E-state index in [4.69, 9.17) is 0 Å². The number of nitrogens with one attached hydrogen (secondary N) is 2. The lowest BCUT2D eigenvalue weighted by Crippen LogP contribution is -2.38. The minimum absolute atomic E-state index is 0. The lowest BCUT2D eigenvalue weighted by Gasteiger charge is -2.12. The van der Waals surface area contributed by atoms with Crippen LogP contribution in [0.4, 0.5) is 0 Å². The highest BCUT2D eigenvalue weighted by molar-refractivity contribution is 14.0. The van der Waals surface area contributed by atoms with Crippen LogP contribution in [0.2, 0.25) is 0 Å². The van der Waals surface area contributed by atoms with E-state index in [1.165, 1.54) is 15.8 Å². The summed E-state index contributed by atoms with van der Waals surface area (Å²) in [6.45, 7) is 2.82. The van der Waals surface area contributed by atoms with E-state index in [1.807, 2.05) is 7.05 Å². The Kier molecular flexibility index (Phi) is 8.27. The largest absolute Gasteiger partial charge is 0.356 e. The third-order valence-corrected chi connectivity index (χ3v) is 4.95. The molecule has 6 heteroatoms. The Morgan fingerprint density at radius 1 is 1.08 bits per heavy atom. The standard InChI is InChI=1S/C19H24N4S.HI/c1-20-19(22-12-9-17-7-4-15-24-17)21-11-5-13-23-14-10-16-6-2-3-8-18(16)23;/h2-4,6-8,10,14-15H,5,9,11-13H2,1H3,(H2,20,21,22);1H. The number of aromatic nitrogens is 1. The van der Waals surface area contributed by atoms with Crippen molar-refractivity contribution in [1.29, 1.82) is 0 Å². The maximum absolute atomic E-state index is 4.28. The Bertz CT molecular complexity index is 780. The van der Waals surface area contributed by atoms with Crippen molar-refractivity contribution in [2.75, 3.05) is 20.1 Å². The number of hydrogen-bond donors (Lipinski definition) is 2. The molecule has 0 saturated heterocycles. The normalized spacial score (nSPS) is 11.3. The molecule has 0 aliphatic carbocycles. The molecule has 3 aromatic rings. The molecule has 0 fully saturated rings. The fraction of sp³-hybridized carbons (Fsp3) is 0.316. The number of hydrogen-bond acceptors (Lipinski definition) is 2. The highest BCUT2D eigenvalue weighted by Crippen LogP contribution is 2.15. The molecule has 1 aromatic carbocycles. The Balaban J connectivity index is 0.00000225. The van der Waals surface area contributed by atoms with Crippen molar-refractivity contribution < 1.29 is 0 Å². The van der Waals surface area contributed by atoms with Crippen LogP contribution in [-0.4, -0.2) is 30.7 Å². The zero-order valence-electron chi connectivity index (χ0n) is 14.4. The van der Waals surface area contributed by atoms with E-state index in [1.54, 1.807) is 11.3 Å². The zero-order valence-corrected chi connectivity index (χ0v) is 17.6. The van der Waals surface area contributed by atoms with Gasteiger partial charge in [-0.15, -0.1) is 35.3 Å². The average molecular weight is 468 g/mol. The van der Waals surface area contributed by atoms with Crippen molar-refractivity contribution in [3.63, 3.8) is 0 Å². The molecule has 0 atom stereocenters. The second kappa shape index (κ2) is 10.5. The number of rotatable bonds is 7. The van der Waals surface area contributed by atoms with Crippen LogP contribution >= 0.6 is 35.3 Å². The van der Waals surface area contributed by atoms with Crippen LogP contribution in [-0.2, 0) is 13.0 Å². The third-order valence-electron chi connectivity index (χ3n) is 4.02. The molecule has 0 spiro atoms. The number of thiophene rings is 1. The van der Waals surface area contributed by atoms with E-state index in [0.717, 1.165) is 38.4 Å². The summed E-state index contributed by atoms with van der Waals surface area (Å²) in [5, 5.41) is 10.2. The van der Waals surface area contributed by atoms with Crippen LogP contribution in [0.15, 0.2) is 59.0 Å². The van der Waals surface area contributed by atoms with Gasteiger partial charge in [0.05, 0.1) is 0 Å². The molecule has 0 unspecified atom stereocenters. The molecule has 25 heavy (non-hydrogen) atoms. The van der Waals surface area contributed by atoms with Crippen LogP contribution in [0.25, 0.3) is 10.9 Å². The molecule has 0 saturated carbocycles. The number of para-hydroxylation sites is 1. The summed E-state index contributed by atoms with van der Waals surface area (Å²) in [5.74, 6) is 0.879. The molecule has 134 valence electrons. The van der Waals surface area contributed by atoms with Crippen LogP contribution in [0.5, 0.6) is 0 Å². The molecule has 0 bridgehead atoms. The fourth-order valence-corrected chi connectivity index (χ4v) is 3.48. The molecule has 0 aliphatic rings. The van der Waals surface area contributed by atoms with Crippen molar-refractivity contribution in [2.24, 2.45) is 4.99 Å². The van der Waals surface area contributed by atoms with Gasteiger partial charge in [0.25, 0.3) is 0 Å². The van der Waals surface area contributed by atoms with E-state index < -0.39 is 0 Å². The molecule has 4 nitrogen and oxygen atoms in total. The number of fused-ring (bicyclic) bond motifs is 1. The average Bonchev–Trinajstić information content (AvgIpc) is 3.27. The van der Waals surface area contributed by atoms with E-state index in [2.05, 4.69) is 74.2 Å². The second-order valence-corrected chi connectivity index (χ2v) is 6.71. The van der Waals surface area contributed by atoms with Crippen LogP contribution in [0.3, 0.4) is 0 Å². The first kappa shape index (κ1) is 19.8. The number of halogens is 1. The molecule has 2 heterocycles. The Morgan fingerprint density at radius 3 is 2.72 bits per heavy atom. The van der Waals surface area contributed by atoms with E-state index in [9.17, 15) is 0 Å². The first-order chi connectivity index (χ1) is 11.9. The minimum atomic E-state index is 0. The van der Waals surface area contributed by atoms with E-state index in [-0.39, 0.29) is 24.0 Å². The smallest absolute Gasteiger partial charge is 0.190 e. The highest BCUT2D eigenvalue weighted by atomic mass is 127. The summed E-state index contributed by atoms with van der Waals surface area (Å²) in [6.07, 6.45) is 4.26. The molecule has 3 rings (SSSR count). The molecule has 0 aliphatic heterocycles. The monoisotopic (exact) mass is 468 g/mol. The lowest BCUT2D eigenvalue weighted by atomic mass is 10.2. The molecule has 0 amide bonds. The quantitative estimate of drug-likeness (QED) is 0.237. The first-order valence-corrected chi connectivity index (χ1v) is 9.25. The van der Waals surface area contributed by atoms with Crippen LogP contribution < -0.4 is 10.6 Å². The summed E-state index contributed by atoms with van der Waals surface area (Å²) in [4.78, 5) is 5.68. The fourth-order valence-electron chi connectivity index (χ4n) is 2.77. The van der Waals surface area contributed by atoms with Gasteiger partial charge in [-0.05, 0) is 41.8 Å². The maximum Gasteiger partial charge on any atom is 0.190 e. The predicted molar refractivity (Wildman–Crippen MR) is 119 cm³/mol. The summed E-state index contributed by atoms with van der Waals surface area (Å²) in [7, 11) is 1.82.